The van der Waals surface area contributed by atoms with Gasteiger partial charge < -0.3 is 0 Å². The van der Waals surface area contributed by atoms with E-state index in [1.807, 2.05) is 12.1 Å². The maximum atomic E-state index is 14.1. The van der Waals surface area contributed by atoms with Gasteiger partial charge in [0.1, 0.15) is 5.82 Å². The third-order valence-corrected chi connectivity index (χ3v) is 4.82. The van der Waals surface area contributed by atoms with Crippen LogP contribution >= 0.6 is 0 Å². The molecule has 0 nitrogen and oxygen atoms in total. The van der Waals surface area contributed by atoms with Crippen molar-refractivity contribution in [3.05, 3.63) is 70.5 Å². The number of benzene rings is 2. The molecule has 0 bridgehead atoms. The van der Waals surface area contributed by atoms with Crippen LogP contribution in [0.1, 0.15) is 54.2 Å². The Morgan fingerprint density at radius 2 is 1.32 bits per heavy atom. The van der Waals surface area contributed by atoms with Crippen molar-refractivity contribution >= 4 is 0 Å². The van der Waals surface area contributed by atoms with E-state index in [-0.39, 0.29) is 17.7 Å². The van der Waals surface area contributed by atoms with Crippen LogP contribution in [0.25, 0.3) is 0 Å². The summed E-state index contributed by atoms with van der Waals surface area (Å²) in [5.74, 6) is -1.42. The second-order valence-electron chi connectivity index (χ2n) is 6.17. The Morgan fingerprint density at radius 3 is 1.95 bits per heavy atom. The van der Waals surface area contributed by atoms with Crippen LogP contribution in [0, 0.1) is 24.4 Å². The third kappa shape index (κ3) is 2.77. The smallest absolute Gasteiger partial charge is 0.162 e. The molecule has 1 fully saturated rings. The van der Waals surface area contributed by atoms with E-state index in [2.05, 4.69) is 0 Å². The van der Waals surface area contributed by atoms with E-state index >= 15 is 0 Å². The van der Waals surface area contributed by atoms with Gasteiger partial charge in [0.15, 0.2) is 11.6 Å². The second-order valence-corrected chi connectivity index (χ2v) is 6.17. The fourth-order valence-corrected chi connectivity index (χ4v) is 3.50. The van der Waals surface area contributed by atoms with E-state index in [9.17, 15) is 13.2 Å². The minimum absolute atomic E-state index is 0.0260. The summed E-state index contributed by atoms with van der Waals surface area (Å²) in [5.41, 5.74) is 1.55. The summed E-state index contributed by atoms with van der Waals surface area (Å²) in [6.07, 6.45) is 3.14. The molecule has 116 valence electrons. The van der Waals surface area contributed by atoms with Crippen molar-refractivity contribution in [3.8, 4) is 0 Å². The fourth-order valence-electron chi connectivity index (χ4n) is 3.50. The number of rotatable bonds is 2. The maximum absolute atomic E-state index is 14.1. The van der Waals surface area contributed by atoms with Gasteiger partial charge in [-0.05, 0) is 67.2 Å². The molecule has 0 radical (unpaired) electrons. The molecule has 2 aromatic rings. The highest BCUT2D eigenvalue weighted by Crippen LogP contribution is 2.42. The van der Waals surface area contributed by atoms with Crippen molar-refractivity contribution in [2.45, 2.75) is 44.4 Å². The summed E-state index contributed by atoms with van der Waals surface area (Å²) in [7, 11) is 0. The summed E-state index contributed by atoms with van der Waals surface area (Å²) in [6, 6.07) is 10.2. The first kappa shape index (κ1) is 15.1. The lowest BCUT2D eigenvalue weighted by atomic mass is 9.76. The molecule has 0 atom stereocenters. The molecule has 0 aliphatic heterocycles. The van der Waals surface area contributed by atoms with Gasteiger partial charge in [-0.2, -0.15) is 0 Å². The zero-order chi connectivity index (χ0) is 15.7. The van der Waals surface area contributed by atoms with Gasteiger partial charge in [-0.3, -0.25) is 0 Å². The Hall–Kier alpha value is -1.77. The molecule has 1 aliphatic rings. The topological polar surface area (TPSA) is 0 Å². The number of halogens is 3. The van der Waals surface area contributed by atoms with E-state index in [0.717, 1.165) is 31.2 Å². The van der Waals surface area contributed by atoms with Crippen molar-refractivity contribution in [3.63, 3.8) is 0 Å². The Bertz CT molecular complexity index is 670. The van der Waals surface area contributed by atoms with Crippen LogP contribution in [0.5, 0.6) is 0 Å². The van der Waals surface area contributed by atoms with Crippen LogP contribution in [-0.4, -0.2) is 0 Å². The van der Waals surface area contributed by atoms with Gasteiger partial charge in [0, 0.05) is 0 Å². The number of hydrogen-bond acceptors (Lipinski definition) is 0. The third-order valence-electron chi connectivity index (χ3n) is 4.82. The normalized spacial score (nSPS) is 21.8. The first-order chi connectivity index (χ1) is 10.6. The molecule has 0 amide bonds. The SMILES string of the molecule is Cc1ccc(C2CCC(c3ccccc3F)CC2)c(F)c1F. The van der Waals surface area contributed by atoms with Crippen LogP contribution in [0.4, 0.5) is 13.2 Å². The zero-order valence-electron chi connectivity index (χ0n) is 12.6. The first-order valence-electron chi connectivity index (χ1n) is 7.77. The van der Waals surface area contributed by atoms with E-state index in [1.54, 1.807) is 25.1 Å². The lowest BCUT2D eigenvalue weighted by molar-refractivity contribution is 0.374. The molecule has 1 saturated carbocycles. The van der Waals surface area contributed by atoms with Gasteiger partial charge in [-0.25, -0.2) is 13.2 Å². The van der Waals surface area contributed by atoms with E-state index in [1.165, 1.54) is 6.07 Å². The molecule has 0 unspecified atom stereocenters. The molecule has 2 aromatic carbocycles. The average molecular weight is 304 g/mol. The lowest BCUT2D eigenvalue weighted by Crippen LogP contribution is -2.14. The summed E-state index contributed by atoms with van der Waals surface area (Å²) in [4.78, 5) is 0. The minimum Gasteiger partial charge on any atom is -0.207 e. The van der Waals surface area contributed by atoms with Crippen molar-refractivity contribution < 1.29 is 13.2 Å². The van der Waals surface area contributed by atoms with E-state index < -0.39 is 11.6 Å². The van der Waals surface area contributed by atoms with Crippen LogP contribution in [-0.2, 0) is 0 Å². The number of hydrogen-bond donors (Lipinski definition) is 0. The molecule has 3 heteroatoms. The molecule has 0 N–H and O–H groups in total. The zero-order valence-corrected chi connectivity index (χ0v) is 12.6. The largest absolute Gasteiger partial charge is 0.207 e. The Kier molecular flexibility index (Phi) is 4.23. The van der Waals surface area contributed by atoms with E-state index in [4.69, 9.17) is 0 Å². The second kappa shape index (κ2) is 6.15. The van der Waals surface area contributed by atoms with Gasteiger partial charge in [0.2, 0.25) is 0 Å². The summed E-state index contributed by atoms with van der Waals surface area (Å²) in [5, 5.41) is 0. The molecule has 3 rings (SSSR count). The predicted octanol–water partition coefficient (Wildman–Crippen LogP) is 5.85. The Labute approximate surface area is 129 Å². The first-order valence-corrected chi connectivity index (χ1v) is 7.77. The predicted molar refractivity (Wildman–Crippen MR) is 81.4 cm³/mol. The van der Waals surface area contributed by atoms with Gasteiger partial charge >= 0.3 is 0 Å². The fraction of sp³-hybridized carbons (Fsp3) is 0.368. The Balaban J connectivity index is 1.75. The van der Waals surface area contributed by atoms with Gasteiger partial charge in [0.05, 0.1) is 0 Å². The van der Waals surface area contributed by atoms with Gasteiger partial charge in [0.25, 0.3) is 0 Å². The summed E-state index contributed by atoms with van der Waals surface area (Å²) < 4.78 is 41.7. The highest BCUT2D eigenvalue weighted by molar-refractivity contribution is 5.29. The highest BCUT2D eigenvalue weighted by Gasteiger charge is 2.27. The summed E-state index contributed by atoms with van der Waals surface area (Å²) in [6.45, 7) is 1.57. The monoisotopic (exact) mass is 304 g/mol. The van der Waals surface area contributed by atoms with Gasteiger partial charge in [-0.1, -0.05) is 30.3 Å². The molecular formula is C19H19F3. The molecular weight excluding hydrogens is 285 g/mol. The van der Waals surface area contributed by atoms with Crippen LogP contribution in [0.3, 0.4) is 0 Å². The van der Waals surface area contributed by atoms with Crippen molar-refractivity contribution in [1.29, 1.82) is 0 Å². The highest BCUT2D eigenvalue weighted by atomic mass is 19.2. The van der Waals surface area contributed by atoms with Crippen molar-refractivity contribution in [1.82, 2.24) is 0 Å². The quantitative estimate of drug-likeness (QED) is 0.652. The molecule has 1 aliphatic carbocycles. The number of aryl methyl sites for hydroxylation is 1. The molecule has 22 heavy (non-hydrogen) atoms. The van der Waals surface area contributed by atoms with Crippen molar-refractivity contribution in [2.75, 3.05) is 0 Å². The lowest BCUT2D eigenvalue weighted by Gasteiger charge is -2.29. The average Bonchev–Trinajstić information content (AvgIpc) is 2.54. The molecule has 0 aromatic heterocycles. The standard InChI is InChI=1S/C19H19F3/c1-12-6-11-16(19(22)18(12)21)14-9-7-13(8-10-14)15-4-2-3-5-17(15)20/h2-6,11,13-14H,7-10H2,1H3. The maximum Gasteiger partial charge on any atom is 0.162 e. The molecule has 0 heterocycles. The Morgan fingerprint density at radius 1 is 0.727 bits per heavy atom. The van der Waals surface area contributed by atoms with Crippen molar-refractivity contribution in [2.24, 2.45) is 0 Å². The minimum atomic E-state index is -0.742. The van der Waals surface area contributed by atoms with Crippen LogP contribution in [0.2, 0.25) is 0 Å². The van der Waals surface area contributed by atoms with Crippen LogP contribution in [0.15, 0.2) is 36.4 Å². The molecule has 0 saturated heterocycles. The van der Waals surface area contributed by atoms with E-state index in [0.29, 0.717) is 11.1 Å². The summed E-state index contributed by atoms with van der Waals surface area (Å²) >= 11 is 0. The molecule has 0 spiro atoms. The van der Waals surface area contributed by atoms with Gasteiger partial charge in [-0.15, -0.1) is 0 Å². The van der Waals surface area contributed by atoms with Crippen LogP contribution < -0.4 is 0 Å².